The largest absolute Gasteiger partial charge is 0.497 e. The van der Waals surface area contributed by atoms with Gasteiger partial charge in [-0.2, -0.15) is 15.0 Å². The van der Waals surface area contributed by atoms with Crippen molar-refractivity contribution in [1.82, 2.24) is 15.0 Å². The summed E-state index contributed by atoms with van der Waals surface area (Å²) in [6.45, 7) is 0.379. The average molecular weight is 289 g/mol. The summed E-state index contributed by atoms with van der Waals surface area (Å²) in [5, 5.41) is 2.89. The lowest BCUT2D eigenvalue weighted by Crippen LogP contribution is -2.15. The number of hydrogen-bond donors (Lipinski definition) is 1. The van der Waals surface area contributed by atoms with E-state index in [1.165, 1.54) is 0 Å². The van der Waals surface area contributed by atoms with Gasteiger partial charge >= 0.3 is 6.01 Å². The quantitative estimate of drug-likeness (QED) is 0.865. The monoisotopic (exact) mass is 289 g/mol. The summed E-state index contributed by atoms with van der Waals surface area (Å²) < 4.78 is 10.7. The molecule has 7 heteroatoms. The van der Waals surface area contributed by atoms with E-state index in [4.69, 9.17) is 9.47 Å². The summed E-state index contributed by atoms with van der Waals surface area (Å²) in [5.74, 6) is 1.82. The molecule has 112 valence electrons. The maximum atomic E-state index is 5.63. The number of rotatable bonds is 6. The number of nitrogens with zero attached hydrogens (tertiary/aromatic N) is 4. The number of aromatic nitrogens is 3. The summed E-state index contributed by atoms with van der Waals surface area (Å²) in [6, 6.07) is 7.93. The van der Waals surface area contributed by atoms with Gasteiger partial charge in [0.1, 0.15) is 12.4 Å². The van der Waals surface area contributed by atoms with Crippen LogP contribution in [0.25, 0.3) is 0 Å². The highest BCUT2D eigenvalue weighted by Gasteiger charge is 2.08. The van der Waals surface area contributed by atoms with E-state index >= 15 is 0 Å². The van der Waals surface area contributed by atoms with Crippen LogP contribution >= 0.6 is 0 Å². The van der Waals surface area contributed by atoms with Gasteiger partial charge in [0.05, 0.1) is 7.11 Å². The van der Waals surface area contributed by atoms with Crippen LogP contribution in [-0.2, 0) is 6.61 Å². The van der Waals surface area contributed by atoms with E-state index in [2.05, 4.69) is 20.3 Å². The topological polar surface area (TPSA) is 72.4 Å². The maximum Gasteiger partial charge on any atom is 0.323 e. The zero-order chi connectivity index (χ0) is 15.2. The Bertz CT molecular complexity index is 586. The molecule has 0 fully saturated rings. The third kappa shape index (κ3) is 3.95. The molecule has 1 aromatic carbocycles. The molecule has 0 unspecified atom stereocenters. The molecule has 1 N–H and O–H groups in total. The van der Waals surface area contributed by atoms with Crippen molar-refractivity contribution in [2.45, 2.75) is 6.61 Å². The van der Waals surface area contributed by atoms with Gasteiger partial charge in [-0.05, 0) is 17.7 Å². The molecular formula is C14H19N5O2. The summed E-state index contributed by atoms with van der Waals surface area (Å²) in [4.78, 5) is 14.4. The third-order valence-corrected chi connectivity index (χ3v) is 2.75. The predicted octanol–water partition coefficient (Wildman–Crippen LogP) is 1.57. The molecule has 0 amide bonds. The van der Waals surface area contributed by atoms with Gasteiger partial charge in [0.15, 0.2) is 0 Å². The van der Waals surface area contributed by atoms with Gasteiger partial charge < -0.3 is 19.7 Å². The van der Waals surface area contributed by atoms with E-state index in [0.717, 1.165) is 11.3 Å². The van der Waals surface area contributed by atoms with E-state index in [9.17, 15) is 0 Å². The third-order valence-electron chi connectivity index (χ3n) is 2.75. The molecule has 0 radical (unpaired) electrons. The van der Waals surface area contributed by atoms with Gasteiger partial charge in [-0.25, -0.2) is 0 Å². The first-order chi connectivity index (χ1) is 10.1. The predicted molar refractivity (Wildman–Crippen MR) is 81.0 cm³/mol. The van der Waals surface area contributed by atoms with E-state index in [-0.39, 0.29) is 6.01 Å². The summed E-state index contributed by atoms with van der Waals surface area (Å²) in [5.41, 5.74) is 1.01. The molecule has 0 atom stereocenters. The number of benzene rings is 1. The van der Waals surface area contributed by atoms with Gasteiger partial charge in [0.2, 0.25) is 11.9 Å². The summed E-state index contributed by atoms with van der Waals surface area (Å²) in [6.07, 6.45) is 0. The fourth-order valence-electron chi connectivity index (χ4n) is 1.59. The van der Waals surface area contributed by atoms with Gasteiger partial charge in [-0.15, -0.1) is 0 Å². The smallest absolute Gasteiger partial charge is 0.323 e. The first kappa shape index (κ1) is 14.8. The van der Waals surface area contributed by atoms with Gasteiger partial charge in [0, 0.05) is 21.1 Å². The Morgan fingerprint density at radius 2 is 1.81 bits per heavy atom. The molecule has 0 aliphatic heterocycles. The molecule has 2 rings (SSSR count). The lowest BCUT2D eigenvalue weighted by atomic mass is 10.2. The minimum absolute atomic E-state index is 0.286. The highest BCUT2D eigenvalue weighted by atomic mass is 16.5. The second kappa shape index (κ2) is 6.74. The molecule has 0 saturated heterocycles. The van der Waals surface area contributed by atoms with Gasteiger partial charge in [-0.3, -0.25) is 0 Å². The Labute approximate surface area is 124 Å². The SMILES string of the molecule is CNc1nc(OCc2ccc(OC)cc2)nc(N(C)C)n1. The molecular weight excluding hydrogens is 270 g/mol. The van der Waals surface area contributed by atoms with Crippen molar-refractivity contribution < 1.29 is 9.47 Å². The summed E-state index contributed by atoms with van der Waals surface area (Å²) in [7, 11) is 7.12. The van der Waals surface area contributed by atoms with E-state index in [0.29, 0.717) is 18.5 Å². The molecule has 1 aromatic heterocycles. The molecule has 0 spiro atoms. The van der Waals surface area contributed by atoms with Crippen LogP contribution in [-0.4, -0.2) is 43.2 Å². The maximum absolute atomic E-state index is 5.63. The van der Waals surface area contributed by atoms with Crippen LogP contribution in [0.3, 0.4) is 0 Å². The van der Waals surface area contributed by atoms with Gasteiger partial charge in [0.25, 0.3) is 0 Å². The number of nitrogens with one attached hydrogen (secondary N) is 1. The molecule has 0 saturated carbocycles. The second-order valence-corrected chi connectivity index (χ2v) is 4.52. The Hall–Kier alpha value is -2.57. The Morgan fingerprint density at radius 3 is 2.38 bits per heavy atom. The van der Waals surface area contributed by atoms with Crippen molar-refractivity contribution >= 4 is 11.9 Å². The van der Waals surface area contributed by atoms with E-state index in [1.54, 1.807) is 19.1 Å². The zero-order valence-corrected chi connectivity index (χ0v) is 12.6. The first-order valence-electron chi connectivity index (χ1n) is 6.49. The van der Waals surface area contributed by atoms with Crippen molar-refractivity contribution in [3.8, 4) is 11.8 Å². The molecule has 21 heavy (non-hydrogen) atoms. The highest BCUT2D eigenvalue weighted by molar-refractivity contribution is 5.36. The van der Waals surface area contributed by atoms with Crippen LogP contribution in [0.4, 0.5) is 11.9 Å². The molecule has 1 heterocycles. The van der Waals surface area contributed by atoms with Crippen molar-refractivity contribution in [2.24, 2.45) is 0 Å². The minimum Gasteiger partial charge on any atom is -0.497 e. The van der Waals surface area contributed by atoms with Crippen LogP contribution in [0.1, 0.15) is 5.56 Å². The van der Waals surface area contributed by atoms with Crippen molar-refractivity contribution in [2.75, 3.05) is 38.5 Å². The van der Waals surface area contributed by atoms with Gasteiger partial charge in [-0.1, -0.05) is 12.1 Å². The number of hydrogen-bond acceptors (Lipinski definition) is 7. The van der Waals surface area contributed by atoms with Crippen LogP contribution in [0, 0.1) is 0 Å². The normalized spacial score (nSPS) is 10.1. The fourth-order valence-corrected chi connectivity index (χ4v) is 1.59. The lowest BCUT2D eigenvalue weighted by Gasteiger charge is -2.12. The minimum atomic E-state index is 0.286. The van der Waals surface area contributed by atoms with Crippen molar-refractivity contribution in [3.05, 3.63) is 29.8 Å². The van der Waals surface area contributed by atoms with Crippen molar-refractivity contribution in [1.29, 1.82) is 0 Å². The Morgan fingerprint density at radius 1 is 1.10 bits per heavy atom. The fraction of sp³-hybridized carbons (Fsp3) is 0.357. The van der Waals surface area contributed by atoms with E-state index < -0.39 is 0 Å². The zero-order valence-electron chi connectivity index (χ0n) is 12.6. The average Bonchev–Trinajstić information content (AvgIpc) is 2.53. The Kier molecular flexibility index (Phi) is 4.76. The second-order valence-electron chi connectivity index (χ2n) is 4.52. The van der Waals surface area contributed by atoms with Crippen LogP contribution in [0.5, 0.6) is 11.8 Å². The molecule has 0 aliphatic carbocycles. The van der Waals surface area contributed by atoms with E-state index in [1.807, 2.05) is 38.4 Å². The Balaban J connectivity index is 2.09. The van der Waals surface area contributed by atoms with Crippen LogP contribution in [0.2, 0.25) is 0 Å². The standard InChI is InChI=1S/C14H19N5O2/c1-15-12-16-13(19(2)3)18-14(17-12)21-9-10-5-7-11(20-4)8-6-10/h5-8H,9H2,1-4H3,(H,15,16,17,18). The molecule has 7 nitrogen and oxygen atoms in total. The van der Waals surface area contributed by atoms with Crippen LogP contribution in [0.15, 0.2) is 24.3 Å². The van der Waals surface area contributed by atoms with Crippen molar-refractivity contribution in [3.63, 3.8) is 0 Å². The summed E-state index contributed by atoms with van der Waals surface area (Å²) >= 11 is 0. The van der Waals surface area contributed by atoms with Crippen LogP contribution < -0.4 is 19.7 Å². The lowest BCUT2D eigenvalue weighted by molar-refractivity contribution is 0.280. The number of methoxy groups -OCH3 is 1. The molecule has 0 bridgehead atoms. The number of anilines is 2. The highest BCUT2D eigenvalue weighted by Crippen LogP contribution is 2.16. The first-order valence-corrected chi connectivity index (χ1v) is 6.49. The molecule has 2 aromatic rings. The number of ether oxygens (including phenoxy) is 2. The molecule has 0 aliphatic rings.